The van der Waals surface area contributed by atoms with Crippen LogP contribution in [0.5, 0.6) is 0 Å². The fourth-order valence-electron chi connectivity index (χ4n) is 2.82. The Labute approximate surface area is 152 Å². The number of nitrogens with zero attached hydrogens (tertiary/aromatic N) is 1. The molecule has 8 heteroatoms. The summed E-state index contributed by atoms with van der Waals surface area (Å²) in [5, 5.41) is 13.6. The highest BCUT2D eigenvalue weighted by Gasteiger charge is 2.26. The van der Waals surface area contributed by atoms with E-state index in [4.69, 9.17) is 9.84 Å². The van der Waals surface area contributed by atoms with Gasteiger partial charge in [-0.2, -0.15) is 0 Å². The molecule has 2 unspecified atom stereocenters. The molecule has 0 spiro atoms. The summed E-state index contributed by atoms with van der Waals surface area (Å²) in [7, 11) is 0. The van der Waals surface area contributed by atoms with Gasteiger partial charge in [0, 0.05) is 31.7 Å². The van der Waals surface area contributed by atoms with Gasteiger partial charge < -0.3 is 25.4 Å². The molecule has 26 heavy (non-hydrogen) atoms. The Morgan fingerprint density at radius 3 is 2.31 bits per heavy atom. The predicted molar refractivity (Wildman–Crippen MR) is 94.8 cm³/mol. The summed E-state index contributed by atoms with van der Waals surface area (Å²) >= 11 is 0. The SMILES string of the molecule is CC1CN(C(=O)c2ccc(CNC(=O)NCCC(=O)O)cc2)CC(C)O1. The summed E-state index contributed by atoms with van der Waals surface area (Å²) in [6.07, 6.45) is -0.0835. The molecule has 8 nitrogen and oxygen atoms in total. The van der Waals surface area contributed by atoms with Crippen molar-refractivity contribution in [2.24, 2.45) is 0 Å². The third kappa shape index (κ3) is 6.03. The minimum atomic E-state index is -0.963. The van der Waals surface area contributed by atoms with E-state index >= 15 is 0 Å². The molecule has 142 valence electrons. The largest absolute Gasteiger partial charge is 0.481 e. The maximum absolute atomic E-state index is 12.6. The van der Waals surface area contributed by atoms with E-state index < -0.39 is 12.0 Å². The zero-order valence-corrected chi connectivity index (χ0v) is 15.0. The Morgan fingerprint density at radius 2 is 1.73 bits per heavy atom. The van der Waals surface area contributed by atoms with E-state index in [0.717, 1.165) is 5.56 Å². The number of morpholine rings is 1. The van der Waals surface area contributed by atoms with Crippen LogP contribution in [0.2, 0.25) is 0 Å². The molecule has 2 atom stereocenters. The number of hydrogen-bond acceptors (Lipinski definition) is 4. The highest BCUT2D eigenvalue weighted by molar-refractivity contribution is 5.94. The molecule has 0 saturated carbocycles. The fraction of sp³-hybridized carbons (Fsp3) is 0.500. The molecule has 0 aliphatic carbocycles. The molecule has 1 aliphatic rings. The van der Waals surface area contributed by atoms with Crippen molar-refractivity contribution in [3.05, 3.63) is 35.4 Å². The van der Waals surface area contributed by atoms with Crippen LogP contribution in [-0.2, 0) is 16.1 Å². The predicted octanol–water partition coefficient (Wildman–Crippen LogP) is 1.21. The number of carboxylic acid groups (broad SMARTS) is 1. The van der Waals surface area contributed by atoms with Crippen LogP contribution in [0.3, 0.4) is 0 Å². The molecular formula is C18H25N3O5. The highest BCUT2D eigenvalue weighted by Crippen LogP contribution is 2.15. The lowest BCUT2D eigenvalue weighted by molar-refractivity contribution is -0.136. The number of urea groups is 1. The monoisotopic (exact) mass is 363 g/mol. The van der Waals surface area contributed by atoms with Crippen molar-refractivity contribution in [1.82, 2.24) is 15.5 Å². The summed E-state index contributed by atoms with van der Waals surface area (Å²) in [6, 6.07) is 6.64. The van der Waals surface area contributed by atoms with Crippen LogP contribution in [0.25, 0.3) is 0 Å². The zero-order valence-electron chi connectivity index (χ0n) is 15.0. The van der Waals surface area contributed by atoms with Crippen molar-refractivity contribution in [2.75, 3.05) is 19.6 Å². The first-order valence-electron chi connectivity index (χ1n) is 8.62. The van der Waals surface area contributed by atoms with Crippen LogP contribution in [-0.4, -0.2) is 59.8 Å². The molecule has 3 amide bonds. The molecule has 0 aromatic heterocycles. The van der Waals surface area contributed by atoms with Crippen LogP contribution in [0, 0.1) is 0 Å². The van der Waals surface area contributed by atoms with Crippen LogP contribution in [0.1, 0.15) is 36.2 Å². The average Bonchev–Trinajstić information content (AvgIpc) is 2.58. The highest BCUT2D eigenvalue weighted by atomic mass is 16.5. The lowest BCUT2D eigenvalue weighted by atomic mass is 10.1. The summed E-state index contributed by atoms with van der Waals surface area (Å²) in [5.74, 6) is -0.993. The van der Waals surface area contributed by atoms with Gasteiger partial charge in [0.25, 0.3) is 5.91 Å². The lowest BCUT2D eigenvalue weighted by Crippen LogP contribution is -2.48. The Bertz CT molecular complexity index is 637. The van der Waals surface area contributed by atoms with Crippen LogP contribution in [0.4, 0.5) is 4.79 Å². The number of hydrogen-bond donors (Lipinski definition) is 3. The molecule has 0 bridgehead atoms. The van der Waals surface area contributed by atoms with Crippen molar-refractivity contribution < 1.29 is 24.2 Å². The Morgan fingerprint density at radius 1 is 1.12 bits per heavy atom. The summed E-state index contributed by atoms with van der Waals surface area (Å²) in [5.41, 5.74) is 1.44. The van der Waals surface area contributed by atoms with E-state index in [1.54, 1.807) is 29.2 Å². The van der Waals surface area contributed by atoms with Crippen molar-refractivity contribution in [1.29, 1.82) is 0 Å². The van der Waals surface area contributed by atoms with Crippen molar-refractivity contribution in [2.45, 2.75) is 39.0 Å². The van der Waals surface area contributed by atoms with Crippen molar-refractivity contribution in [3.8, 4) is 0 Å². The first-order valence-corrected chi connectivity index (χ1v) is 8.62. The maximum Gasteiger partial charge on any atom is 0.315 e. The average molecular weight is 363 g/mol. The molecule has 0 radical (unpaired) electrons. The van der Waals surface area contributed by atoms with Gasteiger partial charge in [-0.3, -0.25) is 9.59 Å². The number of aliphatic carboxylic acids is 1. The summed E-state index contributed by atoms with van der Waals surface area (Å²) < 4.78 is 5.64. The zero-order chi connectivity index (χ0) is 19.1. The van der Waals surface area contributed by atoms with Gasteiger partial charge in [-0.15, -0.1) is 0 Å². The van der Waals surface area contributed by atoms with Gasteiger partial charge in [-0.05, 0) is 31.5 Å². The van der Waals surface area contributed by atoms with Gasteiger partial charge in [0.2, 0.25) is 0 Å². The Kier molecular flexibility index (Phi) is 6.97. The smallest absolute Gasteiger partial charge is 0.315 e. The van der Waals surface area contributed by atoms with Gasteiger partial charge in [-0.1, -0.05) is 12.1 Å². The van der Waals surface area contributed by atoms with Gasteiger partial charge in [0.1, 0.15) is 0 Å². The second-order valence-corrected chi connectivity index (χ2v) is 6.42. The summed E-state index contributed by atoms with van der Waals surface area (Å²) in [4.78, 5) is 36.3. The van der Waals surface area contributed by atoms with E-state index in [2.05, 4.69) is 10.6 Å². The minimum Gasteiger partial charge on any atom is -0.481 e. The lowest BCUT2D eigenvalue weighted by Gasteiger charge is -2.35. The van der Waals surface area contributed by atoms with E-state index in [9.17, 15) is 14.4 Å². The first-order chi connectivity index (χ1) is 12.3. The van der Waals surface area contributed by atoms with Gasteiger partial charge in [0.15, 0.2) is 0 Å². The number of nitrogens with one attached hydrogen (secondary N) is 2. The quantitative estimate of drug-likeness (QED) is 0.704. The molecule has 1 aliphatic heterocycles. The second kappa shape index (κ2) is 9.19. The topological polar surface area (TPSA) is 108 Å². The molecule has 1 aromatic carbocycles. The van der Waals surface area contributed by atoms with Crippen LogP contribution >= 0.6 is 0 Å². The van der Waals surface area contributed by atoms with Gasteiger partial charge >= 0.3 is 12.0 Å². The van der Waals surface area contributed by atoms with Gasteiger partial charge in [0.05, 0.1) is 18.6 Å². The molecule has 1 fully saturated rings. The Balaban J connectivity index is 1.83. The molecule has 1 aromatic rings. The number of carbonyl (C=O) groups is 3. The molecule has 1 saturated heterocycles. The summed E-state index contributed by atoms with van der Waals surface area (Å²) in [6.45, 7) is 5.41. The van der Waals surface area contributed by atoms with Crippen LogP contribution < -0.4 is 10.6 Å². The second-order valence-electron chi connectivity index (χ2n) is 6.42. The number of benzene rings is 1. The minimum absolute atomic E-state index is 0.0193. The number of ether oxygens (including phenoxy) is 1. The van der Waals surface area contributed by atoms with E-state index in [1.807, 2.05) is 13.8 Å². The number of carbonyl (C=O) groups excluding carboxylic acids is 2. The third-order valence-corrected chi connectivity index (χ3v) is 3.99. The third-order valence-electron chi connectivity index (χ3n) is 3.99. The Hall–Kier alpha value is -2.61. The van der Waals surface area contributed by atoms with Crippen molar-refractivity contribution >= 4 is 17.9 Å². The standard InChI is InChI=1S/C18H25N3O5/c1-12-10-21(11-13(2)26-12)17(24)15-5-3-14(4-6-15)9-20-18(25)19-8-7-16(22)23/h3-6,12-13H,7-11H2,1-2H3,(H,22,23)(H2,19,20,25). The molecule has 3 N–H and O–H groups in total. The van der Waals surface area contributed by atoms with Crippen LogP contribution in [0.15, 0.2) is 24.3 Å². The molecule has 2 rings (SSSR count). The molecule has 1 heterocycles. The van der Waals surface area contributed by atoms with Crippen molar-refractivity contribution in [3.63, 3.8) is 0 Å². The normalized spacial score (nSPS) is 19.7. The maximum atomic E-state index is 12.6. The molecular weight excluding hydrogens is 338 g/mol. The van der Waals surface area contributed by atoms with Gasteiger partial charge in [-0.25, -0.2) is 4.79 Å². The number of rotatable bonds is 6. The van der Waals surface area contributed by atoms with E-state index in [-0.39, 0.29) is 31.1 Å². The van der Waals surface area contributed by atoms with E-state index in [1.165, 1.54) is 0 Å². The van der Waals surface area contributed by atoms with E-state index in [0.29, 0.717) is 25.2 Å². The number of carboxylic acids is 1. The number of amides is 3. The first kappa shape index (κ1) is 19.7. The fourth-order valence-corrected chi connectivity index (χ4v) is 2.82.